The number of nitrogens with zero attached hydrogens (tertiary/aromatic N) is 1. The van der Waals surface area contributed by atoms with E-state index in [1.54, 1.807) is 0 Å². The highest BCUT2D eigenvalue weighted by molar-refractivity contribution is 4.80. The summed E-state index contributed by atoms with van der Waals surface area (Å²) in [5, 5.41) is 12.0. The van der Waals surface area contributed by atoms with Gasteiger partial charge in [0.2, 0.25) is 0 Å². The number of nitriles is 1. The van der Waals surface area contributed by atoms with Gasteiger partial charge >= 0.3 is 0 Å². The Hall–Kier alpha value is -0.590. The second-order valence-electron chi connectivity index (χ2n) is 5.62. The first kappa shape index (κ1) is 15.4. The standard InChI is InChI=1S/C13H26N2O/c1-6-16-13(4,5)11-15-10-12(2,3)8-7-9-14/h15H,6-8,10-11H2,1-5H3. The van der Waals surface area contributed by atoms with Crippen LogP contribution in [0.4, 0.5) is 0 Å². The van der Waals surface area contributed by atoms with E-state index >= 15 is 0 Å². The van der Waals surface area contributed by atoms with Crippen molar-refractivity contribution in [1.29, 1.82) is 5.26 Å². The molecule has 0 saturated heterocycles. The van der Waals surface area contributed by atoms with Gasteiger partial charge in [0.15, 0.2) is 0 Å². The molecule has 0 bridgehead atoms. The lowest BCUT2D eigenvalue weighted by molar-refractivity contribution is -0.0101. The highest BCUT2D eigenvalue weighted by atomic mass is 16.5. The molecule has 0 aromatic rings. The lowest BCUT2D eigenvalue weighted by atomic mass is 9.88. The molecule has 0 aliphatic rings. The summed E-state index contributed by atoms with van der Waals surface area (Å²) in [6, 6.07) is 2.20. The Morgan fingerprint density at radius 1 is 1.19 bits per heavy atom. The van der Waals surface area contributed by atoms with Crippen LogP contribution in [0, 0.1) is 16.7 Å². The summed E-state index contributed by atoms with van der Waals surface area (Å²) < 4.78 is 5.61. The second kappa shape index (κ2) is 6.88. The predicted molar refractivity (Wildman–Crippen MR) is 67.2 cm³/mol. The van der Waals surface area contributed by atoms with E-state index in [1.165, 1.54) is 0 Å². The summed E-state index contributed by atoms with van der Waals surface area (Å²) >= 11 is 0. The van der Waals surface area contributed by atoms with Crippen molar-refractivity contribution in [2.24, 2.45) is 5.41 Å². The van der Waals surface area contributed by atoms with Crippen molar-refractivity contribution in [3.8, 4) is 6.07 Å². The van der Waals surface area contributed by atoms with Crippen LogP contribution in [-0.2, 0) is 4.74 Å². The van der Waals surface area contributed by atoms with Gasteiger partial charge in [0.25, 0.3) is 0 Å². The van der Waals surface area contributed by atoms with Gasteiger partial charge in [-0.3, -0.25) is 0 Å². The summed E-state index contributed by atoms with van der Waals surface area (Å²) in [5.74, 6) is 0. The molecule has 0 radical (unpaired) electrons. The zero-order valence-corrected chi connectivity index (χ0v) is 11.4. The molecule has 16 heavy (non-hydrogen) atoms. The predicted octanol–water partition coefficient (Wildman–Crippen LogP) is 2.72. The van der Waals surface area contributed by atoms with E-state index < -0.39 is 0 Å². The maximum Gasteiger partial charge on any atom is 0.0750 e. The van der Waals surface area contributed by atoms with Crippen LogP contribution in [0.15, 0.2) is 0 Å². The fourth-order valence-corrected chi connectivity index (χ4v) is 1.63. The average Bonchev–Trinajstić information content (AvgIpc) is 2.14. The first-order valence-electron chi connectivity index (χ1n) is 6.04. The van der Waals surface area contributed by atoms with Crippen molar-refractivity contribution < 1.29 is 4.74 Å². The van der Waals surface area contributed by atoms with E-state index in [4.69, 9.17) is 10.00 Å². The van der Waals surface area contributed by atoms with Crippen molar-refractivity contribution in [1.82, 2.24) is 5.32 Å². The molecule has 0 aromatic carbocycles. The second-order valence-corrected chi connectivity index (χ2v) is 5.62. The quantitative estimate of drug-likeness (QED) is 0.692. The average molecular weight is 226 g/mol. The van der Waals surface area contributed by atoms with Crippen LogP contribution in [0.2, 0.25) is 0 Å². The lowest BCUT2D eigenvalue weighted by Gasteiger charge is -2.29. The first-order chi connectivity index (χ1) is 7.33. The van der Waals surface area contributed by atoms with E-state index in [-0.39, 0.29) is 11.0 Å². The third-order valence-electron chi connectivity index (χ3n) is 2.60. The molecule has 94 valence electrons. The maximum absolute atomic E-state index is 8.56. The minimum atomic E-state index is -0.111. The number of hydrogen-bond donors (Lipinski definition) is 1. The highest BCUT2D eigenvalue weighted by Crippen LogP contribution is 2.21. The van der Waals surface area contributed by atoms with Crippen molar-refractivity contribution >= 4 is 0 Å². The van der Waals surface area contributed by atoms with Crippen LogP contribution < -0.4 is 5.32 Å². The van der Waals surface area contributed by atoms with E-state index in [0.29, 0.717) is 6.42 Å². The molecule has 0 rings (SSSR count). The minimum absolute atomic E-state index is 0.111. The largest absolute Gasteiger partial charge is 0.375 e. The molecule has 0 unspecified atom stereocenters. The number of rotatable bonds is 8. The topological polar surface area (TPSA) is 45.0 Å². The van der Waals surface area contributed by atoms with Gasteiger partial charge < -0.3 is 10.1 Å². The summed E-state index contributed by atoms with van der Waals surface area (Å²) in [6.45, 7) is 13.1. The van der Waals surface area contributed by atoms with E-state index in [1.807, 2.05) is 6.92 Å². The summed E-state index contributed by atoms with van der Waals surface area (Å²) in [4.78, 5) is 0. The summed E-state index contributed by atoms with van der Waals surface area (Å²) in [5.41, 5.74) is 0.0675. The summed E-state index contributed by atoms with van der Waals surface area (Å²) in [7, 11) is 0. The van der Waals surface area contributed by atoms with Gasteiger partial charge in [-0.15, -0.1) is 0 Å². The highest BCUT2D eigenvalue weighted by Gasteiger charge is 2.21. The van der Waals surface area contributed by atoms with Gasteiger partial charge in [-0.1, -0.05) is 13.8 Å². The van der Waals surface area contributed by atoms with E-state index in [9.17, 15) is 0 Å². The zero-order valence-electron chi connectivity index (χ0n) is 11.4. The van der Waals surface area contributed by atoms with Crippen molar-refractivity contribution in [3.05, 3.63) is 0 Å². The molecule has 0 atom stereocenters. The third-order valence-corrected chi connectivity index (χ3v) is 2.60. The Balaban J connectivity index is 3.84. The van der Waals surface area contributed by atoms with Crippen molar-refractivity contribution in [2.45, 2.75) is 53.1 Å². The number of ether oxygens (including phenoxy) is 1. The Morgan fingerprint density at radius 2 is 1.81 bits per heavy atom. The molecule has 0 aliphatic carbocycles. The van der Waals surface area contributed by atoms with Crippen molar-refractivity contribution in [3.63, 3.8) is 0 Å². The first-order valence-corrected chi connectivity index (χ1v) is 6.04. The Morgan fingerprint density at radius 3 is 2.31 bits per heavy atom. The van der Waals surface area contributed by atoms with E-state index in [0.717, 1.165) is 26.1 Å². The molecule has 0 spiro atoms. The minimum Gasteiger partial charge on any atom is -0.375 e. The Kier molecular flexibility index (Phi) is 6.62. The monoisotopic (exact) mass is 226 g/mol. The molecular formula is C13H26N2O. The maximum atomic E-state index is 8.56. The molecule has 0 heterocycles. The van der Waals surface area contributed by atoms with Gasteiger partial charge in [-0.25, -0.2) is 0 Å². The summed E-state index contributed by atoms with van der Waals surface area (Å²) in [6.07, 6.45) is 1.56. The lowest BCUT2D eigenvalue weighted by Crippen LogP contribution is -2.41. The molecule has 0 aliphatic heterocycles. The molecule has 0 saturated carbocycles. The molecule has 0 aromatic heterocycles. The fourth-order valence-electron chi connectivity index (χ4n) is 1.63. The van der Waals surface area contributed by atoms with Crippen LogP contribution in [0.1, 0.15) is 47.5 Å². The van der Waals surface area contributed by atoms with Crippen LogP contribution in [0.5, 0.6) is 0 Å². The zero-order chi connectivity index (χ0) is 12.7. The number of nitrogens with one attached hydrogen (secondary N) is 1. The Bertz CT molecular complexity index is 229. The molecule has 3 nitrogen and oxygen atoms in total. The van der Waals surface area contributed by atoms with Gasteiger partial charge in [0, 0.05) is 26.1 Å². The van der Waals surface area contributed by atoms with Gasteiger partial charge in [-0.2, -0.15) is 5.26 Å². The fraction of sp³-hybridized carbons (Fsp3) is 0.923. The van der Waals surface area contributed by atoms with Crippen LogP contribution in [0.25, 0.3) is 0 Å². The Labute approximate surface area is 100 Å². The molecule has 3 heteroatoms. The molecular weight excluding hydrogens is 200 g/mol. The molecule has 1 N–H and O–H groups in total. The van der Waals surface area contributed by atoms with Gasteiger partial charge in [0.05, 0.1) is 11.7 Å². The van der Waals surface area contributed by atoms with Gasteiger partial charge in [0.1, 0.15) is 0 Å². The number of hydrogen-bond acceptors (Lipinski definition) is 3. The van der Waals surface area contributed by atoms with Crippen LogP contribution in [0.3, 0.4) is 0 Å². The van der Waals surface area contributed by atoms with Crippen molar-refractivity contribution in [2.75, 3.05) is 19.7 Å². The SMILES string of the molecule is CCOC(C)(C)CNCC(C)(C)CCC#N. The van der Waals surface area contributed by atoms with Gasteiger partial charge in [-0.05, 0) is 32.6 Å². The van der Waals surface area contributed by atoms with Crippen LogP contribution in [-0.4, -0.2) is 25.3 Å². The van der Waals surface area contributed by atoms with E-state index in [2.05, 4.69) is 39.1 Å². The molecule has 0 fully saturated rings. The normalized spacial score (nSPS) is 12.5. The smallest absolute Gasteiger partial charge is 0.0750 e. The van der Waals surface area contributed by atoms with Crippen LogP contribution >= 0.6 is 0 Å². The third kappa shape index (κ3) is 7.67. The molecule has 0 amide bonds.